The summed E-state index contributed by atoms with van der Waals surface area (Å²) in [6.07, 6.45) is -0.460. The Balaban J connectivity index is 2.47. The lowest BCUT2D eigenvalue weighted by atomic mass is 10.0. The molecule has 5 heteroatoms. The van der Waals surface area contributed by atoms with Gasteiger partial charge in [0.15, 0.2) is 6.10 Å². The zero-order chi connectivity index (χ0) is 13.3. The van der Waals surface area contributed by atoms with Crippen LogP contribution in [0.25, 0.3) is 0 Å². The third-order valence-corrected chi connectivity index (χ3v) is 3.30. The monoisotopic (exact) mass is 251 g/mol. The van der Waals surface area contributed by atoms with Crippen molar-refractivity contribution < 1.29 is 19.4 Å². The lowest BCUT2D eigenvalue weighted by Crippen LogP contribution is -2.15. The molecule has 0 saturated heterocycles. The quantitative estimate of drug-likeness (QED) is 0.809. The Bertz CT molecular complexity index is 472. The minimum atomic E-state index is -1.30. The number of esters is 1. The van der Waals surface area contributed by atoms with Crippen molar-refractivity contribution in [3.63, 3.8) is 0 Å². The van der Waals surface area contributed by atoms with Crippen LogP contribution in [0, 0.1) is 0 Å². The number of methoxy groups -OCH3 is 2. The molecule has 0 fully saturated rings. The molecule has 1 N–H and O–H groups in total. The minimum absolute atomic E-state index is 0.457. The Kier molecular flexibility index (Phi) is 3.43. The average Bonchev–Trinajstić information content (AvgIpc) is 2.77. The van der Waals surface area contributed by atoms with Gasteiger partial charge in [0, 0.05) is 30.4 Å². The molecule has 5 nitrogen and oxygen atoms in total. The van der Waals surface area contributed by atoms with Crippen LogP contribution in [0.5, 0.6) is 5.75 Å². The van der Waals surface area contributed by atoms with Crippen molar-refractivity contribution >= 4 is 11.7 Å². The Hall–Kier alpha value is -1.75. The van der Waals surface area contributed by atoms with Gasteiger partial charge in [0.05, 0.1) is 14.2 Å². The van der Waals surface area contributed by atoms with E-state index in [0.717, 1.165) is 24.2 Å². The summed E-state index contributed by atoms with van der Waals surface area (Å²) in [5.41, 5.74) is 2.56. The molecule has 1 heterocycles. The van der Waals surface area contributed by atoms with Crippen LogP contribution in [0.4, 0.5) is 5.69 Å². The molecule has 1 aromatic rings. The molecule has 1 atom stereocenters. The van der Waals surface area contributed by atoms with Gasteiger partial charge in [-0.3, -0.25) is 0 Å². The molecule has 1 aliphatic rings. The van der Waals surface area contributed by atoms with Crippen molar-refractivity contribution in [3.05, 3.63) is 23.3 Å². The SMILES string of the molecule is COC(=O)C(O)c1ccc2c(c1OC)CCN2C. The number of nitrogens with zero attached hydrogens (tertiary/aromatic N) is 1. The number of fused-ring (bicyclic) bond motifs is 1. The van der Waals surface area contributed by atoms with Crippen molar-refractivity contribution in [1.82, 2.24) is 0 Å². The molecule has 1 aromatic carbocycles. The molecule has 0 radical (unpaired) electrons. The van der Waals surface area contributed by atoms with Crippen LogP contribution >= 0.6 is 0 Å². The van der Waals surface area contributed by atoms with Crippen molar-refractivity contribution in [2.75, 3.05) is 32.7 Å². The standard InChI is InChI=1S/C13H17NO4/c1-14-7-6-8-10(14)5-4-9(12(8)17-2)11(15)13(16)18-3/h4-5,11,15H,6-7H2,1-3H3. The molecule has 0 aromatic heterocycles. The smallest absolute Gasteiger partial charge is 0.339 e. The highest BCUT2D eigenvalue weighted by molar-refractivity contribution is 5.79. The Labute approximate surface area is 106 Å². The van der Waals surface area contributed by atoms with Gasteiger partial charge in [0.2, 0.25) is 0 Å². The van der Waals surface area contributed by atoms with Gasteiger partial charge >= 0.3 is 5.97 Å². The van der Waals surface area contributed by atoms with E-state index in [9.17, 15) is 9.90 Å². The van der Waals surface area contributed by atoms with Gasteiger partial charge in [-0.2, -0.15) is 0 Å². The average molecular weight is 251 g/mol. The third-order valence-electron chi connectivity index (χ3n) is 3.30. The summed E-state index contributed by atoms with van der Waals surface area (Å²) < 4.78 is 9.91. The number of carbonyl (C=O) groups excluding carboxylic acids is 1. The molecule has 0 amide bonds. The summed E-state index contributed by atoms with van der Waals surface area (Å²) in [6, 6.07) is 3.60. The number of rotatable bonds is 3. The molecule has 98 valence electrons. The van der Waals surface area contributed by atoms with Crippen molar-refractivity contribution in [2.45, 2.75) is 12.5 Å². The number of carbonyl (C=O) groups is 1. The van der Waals surface area contributed by atoms with Crippen LogP contribution in [0.15, 0.2) is 12.1 Å². The predicted molar refractivity (Wildman–Crippen MR) is 66.9 cm³/mol. The fourth-order valence-corrected chi connectivity index (χ4v) is 2.33. The molecule has 0 bridgehead atoms. The summed E-state index contributed by atoms with van der Waals surface area (Å²) in [7, 11) is 4.79. The lowest BCUT2D eigenvalue weighted by molar-refractivity contribution is -0.150. The van der Waals surface area contributed by atoms with Gasteiger partial charge in [-0.25, -0.2) is 4.79 Å². The second kappa shape index (κ2) is 4.86. The van der Waals surface area contributed by atoms with Gasteiger partial charge in [0.25, 0.3) is 0 Å². The topological polar surface area (TPSA) is 59.0 Å². The first-order valence-corrected chi connectivity index (χ1v) is 5.77. The second-order valence-electron chi connectivity index (χ2n) is 4.28. The van der Waals surface area contributed by atoms with Crippen molar-refractivity contribution in [3.8, 4) is 5.75 Å². The highest BCUT2D eigenvalue weighted by Gasteiger charge is 2.28. The number of aliphatic hydroxyl groups excluding tert-OH is 1. The van der Waals surface area contributed by atoms with E-state index in [2.05, 4.69) is 9.64 Å². The van der Waals surface area contributed by atoms with E-state index >= 15 is 0 Å². The number of hydrogen-bond acceptors (Lipinski definition) is 5. The van der Waals surface area contributed by atoms with Crippen molar-refractivity contribution in [2.24, 2.45) is 0 Å². The summed E-state index contributed by atoms with van der Waals surface area (Å²) in [6.45, 7) is 0.906. The summed E-state index contributed by atoms with van der Waals surface area (Å²) in [4.78, 5) is 13.5. The molecule has 18 heavy (non-hydrogen) atoms. The summed E-state index contributed by atoms with van der Waals surface area (Å²) >= 11 is 0. The van der Waals surface area contributed by atoms with Crippen LogP contribution in [0.2, 0.25) is 0 Å². The van der Waals surface area contributed by atoms with Gasteiger partial charge in [0.1, 0.15) is 5.75 Å². The maximum atomic E-state index is 11.4. The number of aliphatic hydroxyl groups is 1. The third kappa shape index (κ3) is 1.90. The van der Waals surface area contributed by atoms with Gasteiger partial charge in [-0.15, -0.1) is 0 Å². The molecular formula is C13H17NO4. The van der Waals surface area contributed by atoms with E-state index in [-0.39, 0.29) is 0 Å². The lowest BCUT2D eigenvalue weighted by Gasteiger charge is -2.18. The fourth-order valence-electron chi connectivity index (χ4n) is 2.33. The Morgan fingerprint density at radius 2 is 2.17 bits per heavy atom. The van der Waals surface area contributed by atoms with Crippen LogP contribution in [0.3, 0.4) is 0 Å². The first-order chi connectivity index (χ1) is 8.60. The molecule has 1 aliphatic heterocycles. The maximum absolute atomic E-state index is 11.4. The van der Waals surface area contributed by atoms with Crippen LogP contribution in [-0.2, 0) is 16.0 Å². The number of likely N-dealkylation sites (N-methyl/N-ethyl adjacent to an activating group) is 1. The minimum Gasteiger partial charge on any atom is -0.496 e. The highest BCUT2D eigenvalue weighted by Crippen LogP contribution is 2.39. The summed E-state index contributed by atoms with van der Waals surface area (Å²) in [5.74, 6) is -0.102. The van der Waals surface area contributed by atoms with E-state index in [0.29, 0.717) is 11.3 Å². The zero-order valence-corrected chi connectivity index (χ0v) is 10.8. The van der Waals surface area contributed by atoms with Crippen molar-refractivity contribution in [1.29, 1.82) is 0 Å². The van der Waals surface area contributed by atoms with E-state index in [1.165, 1.54) is 7.11 Å². The van der Waals surface area contributed by atoms with Gasteiger partial charge in [-0.05, 0) is 12.5 Å². The first-order valence-electron chi connectivity index (χ1n) is 5.77. The number of benzene rings is 1. The Morgan fingerprint density at radius 1 is 1.44 bits per heavy atom. The van der Waals surface area contributed by atoms with Gasteiger partial charge in [-0.1, -0.05) is 6.07 Å². The largest absolute Gasteiger partial charge is 0.496 e. The van der Waals surface area contributed by atoms with E-state index in [4.69, 9.17) is 4.74 Å². The van der Waals surface area contributed by atoms with Crippen LogP contribution in [0.1, 0.15) is 17.2 Å². The van der Waals surface area contributed by atoms with Gasteiger partial charge < -0.3 is 19.5 Å². The van der Waals surface area contributed by atoms with Crippen LogP contribution in [-0.4, -0.2) is 38.9 Å². The van der Waals surface area contributed by atoms with Crippen LogP contribution < -0.4 is 9.64 Å². The maximum Gasteiger partial charge on any atom is 0.339 e. The Morgan fingerprint density at radius 3 is 2.78 bits per heavy atom. The fraction of sp³-hybridized carbons (Fsp3) is 0.462. The number of ether oxygens (including phenoxy) is 2. The molecule has 0 saturated carbocycles. The predicted octanol–water partition coefficient (Wildman–Crippen LogP) is 0.894. The summed E-state index contributed by atoms with van der Waals surface area (Å²) in [5, 5.41) is 9.93. The van der Waals surface area contributed by atoms with E-state index in [1.807, 2.05) is 13.1 Å². The normalized spacial score (nSPS) is 15.2. The highest BCUT2D eigenvalue weighted by atomic mass is 16.5. The first kappa shape index (κ1) is 12.7. The van der Waals surface area contributed by atoms with E-state index in [1.54, 1.807) is 13.2 Å². The second-order valence-corrected chi connectivity index (χ2v) is 4.28. The molecular weight excluding hydrogens is 234 g/mol. The molecule has 0 spiro atoms. The molecule has 1 unspecified atom stereocenters. The molecule has 2 rings (SSSR count). The zero-order valence-electron chi connectivity index (χ0n) is 10.8. The van der Waals surface area contributed by atoms with E-state index < -0.39 is 12.1 Å². The number of hydrogen-bond donors (Lipinski definition) is 1. The number of anilines is 1. The molecule has 0 aliphatic carbocycles.